The van der Waals surface area contributed by atoms with E-state index >= 15 is 0 Å². The highest BCUT2D eigenvalue weighted by Crippen LogP contribution is 2.27. The maximum atomic E-state index is 10.6. The highest BCUT2D eigenvalue weighted by molar-refractivity contribution is 5.58. The van der Waals surface area contributed by atoms with Crippen LogP contribution in [0, 0.1) is 16.0 Å². The predicted octanol–water partition coefficient (Wildman–Crippen LogP) is 1.98. The maximum Gasteiger partial charge on any atom is 0.271 e. The molecule has 0 radical (unpaired) electrons. The number of anilines is 1. The molecule has 1 aromatic rings. The van der Waals surface area contributed by atoms with E-state index in [0.717, 1.165) is 26.1 Å². The Hall–Kier alpha value is -1.82. The second-order valence-electron chi connectivity index (χ2n) is 4.35. The lowest BCUT2D eigenvalue weighted by atomic mass is 10.0. The van der Waals surface area contributed by atoms with Gasteiger partial charge in [-0.3, -0.25) is 10.1 Å². The minimum Gasteiger partial charge on any atom is -0.491 e. The van der Waals surface area contributed by atoms with Crippen molar-refractivity contribution in [3.05, 3.63) is 28.3 Å². The van der Waals surface area contributed by atoms with Gasteiger partial charge in [0.15, 0.2) is 0 Å². The number of nitro benzene ring substituents is 1. The van der Waals surface area contributed by atoms with Crippen LogP contribution in [0.3, 0.4) is 0 Å². The van der Waals surface area contributed by atoms with Crippen LogP contribution in [0.4, 0.5) is 11.4 Å². The van der Waals surface area contributed by atoms with Gasteiger partial charge in [0.25, 0.3) is 5.69 Å². The zero-order valence-electron chi connectivity index (χ0n) is 10.0. The van der Waals surface area contributed by atoms with Gasteiger partial charge in [-0.15, -0.1) is 0 Å². The summed E-state index contributed by atoms with van der Waals surface area (Å²) in [5.41, 5.74) is 6.00. The minimum atomic E-state index is -0.474. The second kappa shape index (κ2) is 5.68. The van der Waals surface area contributed by atoms with Crippen molar-refractivity contribution >= 4 is 11.4 Å². The first-order valence-electron chi connectivity index (χ1n) is 5.91. The van der Waals surface area contributed by atoms with E-state index in [1.165, 1.54) is 12.1 Å². The van der Waals surface area contributed by atoms with E-state index in [1.807, 2.05) is 0 Å². The van der Waals surface area contributed by atoms with Crippen molar-refractivity contribution in [3.8, 4) is 5.75 Å². The molecule has 0 aromatic heterocycles. The summed E-state index contributed by atoms with van der Waals surface area (Å²) in [5, 5.41) is 10.6. The molecule has 0 atom stereocenters. The number of hydrogen-bond donors (Lipinski definition) is 1. The van der Waals surface area contributed by atoms with Crippen molar-refractivity contribution in [1.82, 2.24) is 0 Å². The quantitative estimate of drug-likeness (QED) is 0.503. The smallest absolute Gasteiger partial charge is 0.271 e. The molecular formula is C12H16N2O4. The number of nitrogen functional groups attached to an aromatic ring is 1. The number of hydrogen-bond acceptors (Lipinski definition) is 5. The number of nitrogens with two attached hydrogens (primary N) is 1. The van der Waals surface area contributed by atoms with Gasteiger partial charge in [0.05, 0.1) is 17.2 Å². The van der Waals surface area contributed by atoms with Crippen molar-refractivity contribution in [2.24, 2.45) is 5.92 Å². The molecule has 2 N–H and O–H groups in total. The van der Waals surface area contributed by atoms with Crippen LogP contribution in [0.25, 0.3) is 0 Å². The number of non-ortho nitro benzene ring substituents is 1. The molecular weight excluding hydrogens is 236 g/mol. The number of rotatable bonds is 4. The average Bonchev–Trinajstić information content (AvgIpc) is 2.38. The summed E-state index contributed by atoms with van der Waals surface area (Å²) in [4.78, 5) is 10.1. The Morgan fingerprint density at radius 2 is 2.17 bits per heavy atom. The van der Waals surface area contributed by atoms with Crippen LogP contribution in [0.2, 0.25) is 0 Å². The number of nitrogens with zero attached hydrogens (tertiary/aromatic N) is 1. The first-order chi connectivity index (χ1) is 8.66. The standard InChI is InChI=1S/C12H16N2O4/c13-11-7-10(14(15)16)1-2-12(11)18-8-9-3-5-17-6-4-9/h1-2,7,9H,3-6,8,13H2. The van der Waals surface area contributed by atoms with Crippen LogP contribution in [0.5, 0.6) is 5.75 Å². The van der Waals surface area contributed by atoms with Crippen LogP contribution in [0.1, 0.15) is 12.8 Å². The van der Waals surface area contributed by atoms with Crippen LogP contribution in [-0.2, 0) is 4.74 Å². The summed E-state index contributed by atoms with van der Waals surface area (Å²) in [6, 6.07) is 4.27. The fraction of sp³-hybridized carbons (Fsp3) is 0.500. The summed E-state index contributed by atoms with van der Waals surface area (Å²) >= 11 is 0. The molecule has 0 saturated carbocycles. The van der Waals surface area contributed by atoms with Gasteiger partial charge in [-0.25, -0.2) is 0 Å². The van der Waals surface area contributed by atoms with E-state index in [1.54, 1.807) is 6.07 Å². The van der Waals surface area contributed by atoms with Gasteiger partial charge in [-0.05, 0) is 24.8 Å². The fourth-order valence-electron chi connectivity index (χ4n) is 1.90. The summed E-state index contributed by atoms with van der Waals surface area (Å²) in [5.74, 6) is 0.973. The Kier molecular flexibility index (Phi) is 3.99. The van der Waals surface area contributed by atoms with Crippen LogP contribution < -0.4 is 10.5 Å². The first-order valence-corrected chi connectivity index (χ1v) is 5.91. The third-order valence-electron chi connectivity index (χ3n) is 3.02. The fourth-order valence-corrected chi connectivity index (χ4v) is 1.90. The third-order valence-corrected chi connectivity index (χ3v) is 3.02. The molecule has 6 heteroatoms. The minimum absolute atomic E-state index is 0.0223. The van der Waals surface area contributed by atoms with Crippen molar-refractivity contribution in [2.45, 2.75) is 12.8 Å². The monoisotopic (exact) mass is 252 g/mol. The van der Waals surface area contributed by atoms with E-state index in [2.05, 4.69) is 0 Å². The van der Waals surface area contributed by atoms with Gasteiger partial charge >= 0.3 is 0 Å². The van der Waals surface area contributed by atoms with E-state index in [0.29, 0.717) is 24.0 Å². The molecule has 1 fully saturated rings. The van der Waals surface area contributed by atoms with Crippen molar-refractivity contribution in [3.63, 3.8) is 0 Å². The molecule has 0 aliphatic carbocycles. The summed E-state index contributed by atoms with van der Waals surface area (Å²) in [6.45, 7) is 2.11. The van der Waals surface area contributed by atoms with Gasteiger partial charge in [0, 0.05) is 25.3 Å². The Labute approximate surface area is 105 Å². The van der Waals surface area contributed by atoms with Crippen LogP contribution in [-0.4, -0.2) is 24.7 Å². The molecule has 1 aliphatic heterocycles. The third kappa shape index (κ3) is 3.10. The predicted molar refractivity (Wildman–Crippen MR) is 66.5 cm³/mol. The average molecular weight is 252 g/mol. The molecule has 6 nitrogen and oxygen atoms in total. The molecule has 0 amide bonds. The van der Waals surface area contributed by atoms with E-state index in [9.17, 15) is 10.1 Å². The molecule has 1 heterocycles. The molecule has 0 spiro atoms. The number of ether oxygens (including phenoxy) is 2. The van der Waals surface area contributed by atoms with Crippen molar-refractivity contribution in [2.75, 3.05) is 25.6 Å². The van der Waals surface area contributed by atoms with E-state index in [4.69, 9.17) is 15.2 Å². The van der Waals surface area contributed by atoms with Crippen LogP contribution in [0.15, 0.2) is 18.2 Å². The van der Waals surface area contributed by atoms with E-state index in [-0.39, 0.29) is 5.69 Å². The Balaban J connectivity index is 1.94. The zero-order chi connectivity index (χ0) is 13.0. The SMILES string of the molecule is Nc1cc([N+](=O)[O-])ccc1OCC1CCOCC1. The largest absolute Gasteiger partial charge is 0.491 e. The summed E-state index contributed by atoms with van der Waals surface area (Å²) < 4.78 is 10.9. The first kappa shape index (κ1) is 12.6. The van der Waals surface area contributed by atoms with Gasteiger partial charge in [0.2, 0.25) is 0 Å². The highest BCUT2D eigenvalue weighted by atomic mass is 16.6. The van der Waals surface area contributed by atoms with Crippen molar-refractivity contribution in [1.29, 1.82) is 0 Å². The van der Waals surface area contributed by atoms with Gasteiger partial charge in [-0.1, -0.05) is 0 Å². The molecule has 2 rings (SSSR count). The second-order valence-corrected chi connectivity index (χ2v) is 4.35. The van der Waals surface area contributed by atoms with Crippen LogP contribution >= 0.6 is 0 Å². The molecule has 98 valence electrons. The summed E-state index contributed by atoms with van der Waals surface area (Å²) in [6.07, 6.45) is 1.96. The van der Waals surface area contributed by atoms with Gasteiger partial charge in [0.1, 0.15) is 5.75 Å². The number of benzene rings is 1. The lowest BCUT2D eigenvalue weighted by molar-refractivity contribution is -0.384. The topological polar surface area (TPSA) is 87.6 Å². The Morgan fingerprint density at radius 1 is 1.44 bits per heavy atom. The molecule has 1 aromatic carbocycles. The van der Waals surface area contributed by atoms with Gasteiger partial charge in [-0.2, -0.15) is 0 Å². The molecule has 0 unspecified atom stereocenters. The normalized spacial score (nSPS) is 16.4. The Morgan fingerprint density at radius 3 is 2.78 bits per heavy atom. The summed E-state index contributed by atoms with van der Waals surface area (Å²) in [7, 11) is 0. The molecule has 1 aliphatic rings. The van der Waals surface area contributed by atoms with Gasteiger partial charge < -0.3 is 15.2 Å². The molecule has 18 heavy (non-hydrogen) atoms. The lowest BCUT2D eigenvalue weighted by Gasteiger charge is -2.22. The maximum absolute atomic E-state index is 10.6. The van der Waals surface area contributed by atoms with E-state index < -0.39 is 4.92 Å². The lowest BCUT2D eigenvalue weighted by Crippen LogP contribution is -2.21. The zero-order valence-corrected chi connectivity index (χ0v) is 10.0. The highest BCUT2D eigenvalue weighted by Gasteiger charge is 2.16. The number of nitro groups is 1. The molecule has 0 bridgehead atoms. The molecule has 1 saturated heterocycles. The Bertz CT molecular complexity index is 430. The van der Waals surface area contributed by atoms with Crippen molar-refractivity contribution < 1.29 is 14.4 Å².